The molecule has 49 heavy (non-hydrogen) atoms. The van der Waals surface area contributed by atoms with Gasteiger partial charge in [-0.1, -0.05) is 98.6 Å². The third kappa shape index (κ3) is 8.75. The zero-order valence-electron chi connectivity index (χ0n) is 29.9. The SMILES string of the molecule is CCN(Cc1cccc(C)c1)c1ccc(C(=C2C=CC(=[N+](CC)Cc3cccc(C)c3)C=C2)c2ccc(C(C)(C)C)cc2S(=O)(=O)O)cc1. The van der Waals surface area contributed by atoms with Crippen LogP contribution >= 0.6 is 0 Å². The van der Waals surface area contributed by atoms with Gasteiger partial charge in [0.25, 0.3) is 10.1 Å². The highest BCUT2D eigenvalue weighted by atomic mass is 32.2. The molecule has 4 aromatic rings. The number of allylic oxidation sites excluding steroid dienone is 5. The van der Waals surface area contributed by atoms with Gasteiger partial charge in [-0.05, 0) is 97.4 Å². The fourth-order valence-corrected chi connectivity index (χ4v) is 7.12. The monoisotopic (exact) mass is 673 g/mol. The molecule has 0 unspecified atom stereocenters. The van der Waals surface area contributed by atoms with E-state index in [-0.39, 0.29) is 10.3 Å². The lowest BCUT2D eigenvalue weighted by Gasteiger charge is -2.25. The van der Waals surface area contributed by atoms with Crippen LogP contribution < -0.4 is 4.90 Å². The minimum Gasteiger partial charge on any atom is -0.367 e. The normalized spacial score (nSPS) is 13.1. The van der Waals surface area contributed by atoms with E-state index in [1.807, 2.05) is 32.9 Å². The Kier molecular flexibility index (Phi) is 10.9. The van der Waals surface area contributed by atoms with Crippen molar-refractivity contribution in [1.29, 1.82) is 0 Å². The Balaban J connectivity index is 1.62. The predicted octanol–water partition coefficient (Wildman–Crippen LogP) is 9.48. The third-order valence-corrected chi connectivity index (χ3v) is 10.0. The zero-order chi connectivity index (χ0) is 35.3. The second-order valence-corrected chi connectivity index (χ2v) is 15.3. The molecule has 0 aliphatic heterocycles. The van der Waals surface area contributed by atoms with E-state index in [0.717, 1.165) is 59.9 Å². The van der Waals surface area contributed by atoms with Gasteiger partial charge in [0, 0.05) is 42.1 Å². The van der Waals surface area contributed by atoms with Crippen LogP contribution in [0.25, 0.3) is 5.57 Å². The Morgan fingerprint density at radius 2 is 1.39 bits per heavy atom. The van der Waals surface area contributed by atoms with Crippen LogP contribution in [-0.2, 0) is 28.6 Å². The molecular formula is C43H49N2O3S+. The summed E-state index contributed by atoms with van der Waals surface area (Å²) in [7, 11) is -4.54. The average Bonchev–Trinajstić information content (AvgIpc) is 3.06. The van der Waals surface area contributed by atoms with Crippen LogP contribution in [0.5, 0.6) is 0 Å². The number of anilines is 1. The van der Waals surface area contributed by atoms with Crippen LogP contribution in [0.2, 0.25) is 0 Å². The summed E-state index contributed by atoms with van der Waals surface area (Å²) in [6, 6.07) is 30.9. The van der Waals surface area contributed by atoms with Gasteiger partial charge in [0.15, 0.2) is 12.3 Å². The van der Waals surface area contributed by atoms with Crippen LogP contribution in [0.15, 0.2) is 126 Å². The maximum Gasteiger partial charge on any atom is 0.295 e. The first-order chi connectivity index (χ1) is 23.3. The van der Waals surface area contributed by atoms with Crippen LogP contribution in [0.3, 0.4) is 0 Å². The average molecular weight is 674 g/mol. The van der Waals surface area contributed by atoms with Crippen molar-refractivity contribution in [3.8, 4) is 0 Å². The molecule has 0 amide bonds. The van der Waals surface area contributed by atoms with Gasteiger partial charge >= 0.3 is 0 Å². The fourth-order valence-electron chi connectivity index (χ4n) is 6.40. The Morgan fingerprint density at radius 1 is 0.776 bits per heavy atom. The lowest BCUT2D eigenvalue weighted by molar-refractivity contribution is -0.539. The van der Waals surface area contributed by atoms with E-state index in [4.69, 9.17) is 0 Å². The van der Waals surface area contributed by atoms with Crippen molar-refractivity contribution < 1.29 is 17.5 Å². The summed E-state index contributed by atoms with van der Waals surface area (Å²) in [5.41, 5.74) is 10.6. The lowest BCUT2D eigenvalue weighted by atomic mass is 9.84. The number of rotatable bonds is 10. The second-order valence-electron chi connectivity index (χ2n) is 13.9. The summed E-state index contributed by atoms with van der Waals surface area (Å²) in [6.45, 7) is 17.9. The molecule has 0 radical (unpaired) electrons. The predicted molar refractivity (Wildman–Crippen MR) is 204 cm³/mol. The molecule has 1 N–H and O–H groups in total. The van der Waals surface area contributed by atoms with E-state index in [1.54, 1.807) is 6.07 Å². The summed E-state index contributed by atoms with van der Waals surface area (Å²) in [6.07, 6.45) is 8.30. The van der Waals surface area contributed by atoms with Crippen molar-refractivity contribution in [2.24, 2.45) is 0 Å². The third-order valence-electron chi connectivity index (χ3n) is 9.11. The molecule has 0 saturated heterocycles. The first-order valence-corrected chi connectivity index (χ1v) is 18.5. The van der Waals surface area contributed by atoms with Gasteiger partial charge in [0.1, 0.15) is 11.4 Å². The number of aryl methyl sites for hydroxylation is 2. The molecule has 254 valence electrons. The summed E-state index contributed by atoms with van der Waals surface area (Å²) < 4.78 is 38.9. The summed E-state index contributed by atoms with van der Waals surface area (Å²) >= 11 is 0. The van der Waals surface area contributed by atoms with Crippen LogP contribution in [0, 0.1) is 13.8 Å². The lowest BCUT2D eigenvalue weighted by Crippen LogP contribution is -2.22. The van der Waals surface area contributed by atoms with Gasteiger partial charge in [0.05, 0.1) is 0 Å². The number of nitrogens with zero attached hydrogens (tertiary/aromatic N) is 2. The standard InChI is InChI=1S/C43H48N2O3S/c1-8-44(29-33-14-10-12-31(3)26-33)38-21-16-35(17-22-38)42(40-25-20-37(43(5,6)7)28-41(40)49(46,47)48)36-18-23-39(24-19-36)45(9-2)30-34-15-11-13-32(4)27-34/h10-28H,8-9,29-30H2,1-7H3/p+1. The highest BCUT2D eigenvalue weighted by molar-refractivity contribution is 7.86. The number of hydrogen-bond donors (Lipinski definition) is 1. The Morgan fingerprint density at radius 3 is 1.94 bits per heavy atom. The Bertz CT molecular complexity index is 2040. The summed E-state index contributed by atoms with van der Waals surface area (Å²) in [4.78, 5) is 2.23. The van der Waals surface area contributed by atoms with Gasteiger partial charge in [-0.15, -0.1) is 0 Å². The molecule has 6 heteroatoms. The molecule has 0 spiro atoms. The summed E-state index contributed by atoms with van der Waals surface area (Å²) in [5, 5.41) is 0. The van der Waals surface area contributed by atoms with Crippen molar-refractivity contribution >= 4 is 27.1 Å². The van der Waals surface area contributed by atoms with Gasteiger partial charge in [-0.25, -0.2) is 4.58 Å². The van der Waals surface area contributed by atoms with Crippen LogP contribution in [0.4, 0.5) is 5.69 Å². The first kappa shape index (κ1) is 35.8. The van der Waals surface area contributed by atoms with Crippen LogP contribution in [0.1, 0.15) is 73.6 Å². The minimum atomic E-state index is -4.54. The zero-order valence-corrected chi connectivity index (χ0v) is 30.7. The molecule has 0 heterocycles. The summed E-state index contributed by atoms with van der Waals surface area (Å²) in [5.74, 6) is 0. The maximum absolute atomic E-state index is 13.0. The van der Waals surface area contributed by atoms with E-state index in [0.29, 0.717) is 5.56 Å². The van der Waals surface area contributed by atoms with E-state index >= 15 is 0 Å². The van der Waals surface area contributed by atoms with Gasteiger partial charge in [-0.2, -0.15) is 8.42 Å². The molecule has 1 aliphatic rings. The molecule has 0 aromatic heterocycles. The molecule has 0 fully saturated rings. The molecule has 0 bridgehead atoms. The van der Waals surface area contributed by atoms with E-state index < -0.39 is 10.1 Å². The van der Waals surface area contributed by atoms with E-state index in [9.17, 15) is 13.0 Å². The largest absolute Gasteiger partial charge is 0.367 e. The first-order valence-electron chi connectivity index (χ1n) is 17.1. The number of benzene rings is 4. The molecule has 1 aliphatic carbocycles. The fraction of sp³-hybridized carbons (Fsp3) is 0.279. The quantitative estimate of drug-likeness (QED) is 0.135. The van der Waals surface area contributed by atoms with Gasteiger partial charge in [-0.3, -0.25) is 4.55 Å². The highest BCUT2D eigenvalue weighted by Gasteiger charge is 2.25. The molecule has 5 rings (SSSR count). The number of hydrogen-bond acceptors (Lipinski definition) is 3. The van der Waals surface area contributed by atoms with Crippen LogP contribution in [-0.4, -0.2) is 36.3 Å². The second kappa shape index (κ2) is 14.9. The van der Waals surface area contributed by atoms with Crippen molar-refractivity contribution in [2.75, 3.05) is 18.0 Å². The Hall–Kier alpha value is -4.52. The van der Waals surface area contributed by atoms with Gasteiger partial charge < -0.3 is 4.90 Å². The van der Waals surface area contributed by atoms with E-state index in [2.05, 4.69) is 134 Å². The molecule has 4 aromatic carbocycles. The van der Waals surface area contributed by atoms with Crippen molar-refractivity contribution in [3.63, 3.8) is 0 Å². The molecule has 0 saturated carbocycles. The topological polar surface area (TPSA) is 60.6 Å². The van der Waals surface area contributed by atoms with Crippen molar-refractivity contribution in [3.05, 3.63) is 160 Å². The van der Waals surface area contributed by atoms with E-state index in [1.165, 1.54) is 22.3 Å². The Labute approximate surface area is 293 Å². The van der Waals surface area contributed by atoms with Gasteiger partial charge in [0.2, 0.25) is 0 Å². The van der Waals surface area contributed by atoms with Crippen molar-refractivity contribution in [2.45, 2.75) is 71.9 Å². The minimum absolute atomic E-state index is 0.0904. The molecule has 5 nitrogen and oxygen atoms in total. The van der Waals surface area contributed by atoms with Crippen molar-refractivity contribution in [1.82, 2.24) is 0 Å². The smallest absolute Gasteiger partial charge is 0.295 e. The highest BCUT2D eigenvalue weighted by Crippen LogP contribution is 2.37. The molecule has 0 atom stereocenters. The molecular weight excluding hydrogens is 625 g/mol. The maximum atomic E-state index is 13.0.